The number of aromatic nitrogens is 5. The molecule has 1 aliphatic heterocycles. The van der Waals surface area contributed by atoms with Crippen molar-refractivity contribution in [2.24, 2.45) is 0 Å². The summed E-state index contributed by atoms with van der Waals surface area (Å²) in [6.45, 7) is 8.86. The molecule has 0 saturated carbocycles. The summed E-state index contributed by atoms with van der Waals surface area (Å²) in [6, 6.07) is 14.8. The summed E-state index contributed by atoms with van der Waals surface area (Å²) in [6.07, 6.45) is 7.24. The molecule has 2 N–H and O–H groups in total. The number of carbonyl (C=O) groups excluding carboxylic acids is 2. The molecule has 6 rings (SSSR count). The summed E-state index contributed by atoms with van der Waals surface area (Å²) < 4.78 is 13.0. The van der Waals surface area contributed by atoms with E-state index in [-0.39, 0.29) is 17.3 Å². The van der Waals surface area contributed by atoms with Crippen molar-refractivity contribution in [2.45, 2.75) is 52.4 Å². The maximum Gasteiger partial charge on any atom is 0.324 e. The fourth-order valence-corrected chi connectivity index (χ4v) is 5.97. The van der Waals surface area contributed by atoms with Gasteiger partial charge in [0.05, 0.1) is 41.4 Å². The van der Waals surface area contributed by atoms with Crippen LogP contribution in [0.4, 0.5) is 21.4 Å². The van der Waals surface area contributed by atoms with Gasteiger partial charge in [-0.25, -0.2) is 24.4 Å². The Bertz CT molecular complexity index is 1890. The Labute approximate surface area is 276 Å². The maximum absolute atomic E-state index is 13.0. The van der Waals surface area contributed by atoms with Gasteiger partial charge in [-0.05, 0) is 61.2 Å². The second-order valence-electron chi connectivity index (χ2n) is 12.2. The molecule has 47 heavy (non-hydrogen) atoms. The maximum atomic E-state index is 13.0. The van der Waals surface area contributed by atoms with Gasteiger partial charge in [0.15, 0.2) is 5.13 Å². The minimum atomic E-state index is -0.477. The van der Waals surface area contributed by atoms with E-state index in [1.807, 2.05) is 55.5 Å². The van der Waals surface area contributed by atoms with Crippen LogP contribution in [0, 0.1) is 6.92 Å². The van der Waals surface area contributed by atoms with Crippen LogP contribution >= 0.6 is 11.3 Å². The number of nitrogens with zero attached hydrogens (tertiary/aromatic N) is 6. The van der Waals surface area contributed by atoms with Crippen LogP contribution in [0.1, 0.15) is 51.3 Å². The third kappa shape index (κ3) is 7.25. The summed E-state index contributed by atoms with van der Waals surface area (Å²) in [5, 5.41) is 11.2. The third-order valence-electron chi connectivity index (χ3n) is 7.64. The fourth-order valence-electron chi connectivity index (χ4n) is 5.01. The Hall–Kier alpha value is -5.30. The van der Waals surface area contributed by atoms with E-state index in [9.17, 15) is 9.59 Å². The van der Waals surface area contributed by atoms with Crippen LogP contribution in [0.5, 0.6) is 17.5 Å². The number of piperidine rings is 1. The third-order valence-corrected chi connectivity index (χ3v) is 8.71. The molecule has 242 valence electrons. The Morgan fingerprint density at radius 3 is 2.43 bits per heavy atom. The molecule has 1 saturated heterocycles. The average Bonchev–Trinajstić information content (AvgIpc) is 3.71. The molecule has 0 spiro atoms. The SMILES string of the molecule is COc1cc(-n2nc(C(C)(C)C)cc2NC(=O)Nc2cnc(Oc3ccc(-c4cnc(N5CCCCC5=O)s4)cc3)nc2)ccc1C. The first-order valence-electron chi connectivity index (χ1n) is 15.3. The summed E-state index contributed by atoms with van der Waals surface area (Å²) in [4.78, 5) is 41.0. The molecule has 12 nitrogen and oxygen atoms in total. The highest BCUT2D eigenvalue weighted by Gasteiger charge is 2.23. The first kappa shape index (κ1) is 31.7. The van der Waals surface area contributed by atoms with E-state index < -0.39 is 6.03 Å². The number of thiazole rings is 1. The van der Waals surface area contributed by atoms with E-state index in [1.54, 1.807) is 22.9 Å². The molecular weight excluding hydrogens is 616 g/mol. The van der Waals surface area contributed by atoms with E-state index in [1.165, 1.54) is 23.7 Å². The Morgan fingerprint density at radius 2 is 1.72 bits per heavy atom. The number of amides is 3. The van der Waals surface area contributed by atoms with Crippen LogP contribution in [-0.2, 0) is 10.2 Å². The van der Waals surface area contributed by atoms with Crippen molar-refractivity contribution in [3.05, 3.63) is 78.4 Å². The van der Waals surface area contributed by atoms with E-state index in [4.69, 9.17) is 14.6 Å². The molecule has 1 fully saturated rings. The molecule has 0 unspecified atom stereocenters. The average molecular weight is 653 g/mol. The first-order chi connectivity index (χ1) is 22.6. The molecule has 3 amide bonds. The van der Waals surface area contributed by atoms with Crippen molar-refractivity contribution in [3.63, 3.8) is 0 Å². The van der Waals surface area contributed by atoms with Crippen molar-refractivity contribution in [3.8, 4) is 33.6 Å². The minimum absolute atomic E-state index is 0.129. The number of rotatable bonds is 8. The quantitative estimate of drug-likeness (QED) is 0.178. The lowest BCUT2D eigenvalue weighted by Crippen LogP contribution is -2.34. The fraction of sp³-hybridized carbons (Fsp3) is 0.294. The molecule has 1 aliphatic rings. The second kappa shape index (κ2) is 13.2. The molecule has 4 heterocycles. The smallest absolute Gasteiger partial charge is 0.324 e. The van der Waals surface area contributed by atoms with Crippen molar-refractivity contribution in [1.29, 1.82) is 0 Å². The minimum Gasteiger partial charge on any atom is -0.496 e. The molecule has 3 aromatic heterocycles. The van der Waals surface area contributed by atoms with Crippen LogP contribution in [0.3, 0.4) is 0 Å². The van der Waals surface area contributed by atoms with Gasteiger partial charge in [-0.2, -0.15) is 5.10 Å². The zero-order chi connectivity index (χ0) is 33.1. The van der Waals surface area contributed by atoms with Gasteiger partial charge in [-0.3, -0.25) is 15.0 Å². The van der Waals surface area contributed by atoms with E-state index in [0.29, 0.717) is 30.2 Å². The monoisotopic (exact) mass is 652 g/mol. The van der Waals surface area contributed by atoms with Crippen LogP contribution in [0.2, 0.25) is 0 Å². The highest BCUT2D eigenvalue weighted by Crippen LogP contribution is 2.34. The Morgan fingerprint density at radius 1 is 0.957 bits per heavy atom. The van der Waals surface area contributed by atoms with Gasteiger partial charge < -0.3 is 14.8 Å². The predicted octanol–water partition coefficient (Wildman–Crippen LogP) is 7.35. The molecule has 2 aromatic carbocycles. The molecule has 5 aromatic rings. The highest BCUT2D eigenvalue weighted by molar-refractivity contribution is 7.19. The van der Waals surface area contributed by atoms with Crippen molar-refractivity contribution >= 4 is 39.9 Å². The number of hydrogen-bond acceptors (Lipinski definition) is 9. The zero-order valence-corrected chi connectivity index (χ0v) is 27.7. The number of aryl methyl sites for hydroxylation is 1. The van der Waals surface area contributed by atoms with Gasteiger partial charge in [0.1, 0.15) is 17.3 Å². The summed E-state index contributed by atoms with van der Waals surface area (Å²) in [5.41, 5.74) is 3.68. The topological polar surface area (TPSA) is 136 Å². The molecule has 0 radical (unpaired) electrons. The van der Waals surface area contributed by atoms with Crippen molar-refractivity contribution in [2.75, 3.05) is 29.2 Å². The lowest BCUT2D eigenvalue weighted by Gasteiger charge is -2.23. The van der Waals surface area contributed by atoms with Crippen LogP contribution in [0.25, 0.3) is 16.1 Å². The van der Waals surface area contributed by atoms with Crippen LogP contribution in [0.15, 0.2) is 67.1 Å². The molecule has 0 bridgehead atoms. The summed E-state index contributed by atoms with van der Waals surface area (Å²) in [7, 11) is 1.62. The van der Waals surface area contributed by atoms with Gasteiger partial charge in [0.25, 0.3) is 0 Å². The normalized spacial score (nSPS) is 13.4. The molecule has 13 heteroatoms. The van der Waals surface area contributed by atoms with Gasteiger partial charge in [0.2, 0.25) is 5.91 Å². The second-order valence-corrected chi connectivity index (χ2v) is 13.2. The summed E-state index contributed by atoms with van der Waals surface area (Å²) in [5.74, 6) is 1.90. The molecular formula is C34H36N8O4S. The zero-order valence-electron chi connectivity index (χ0n) is 26.9. The van der Waals surface area contributed by atoms with Gasteiger partial charge >= 0.3 is 12.0 Å². The largest absolute Gasteiger partial charge is 0.496 e. The first-order valence-corrected chi connectivity index (χ1v) is 16.1. The standard InChI is InChI=1S/C34H36N8O4S/c1-21-9-12-24(16-26(21)45-5)42-29(17-28(40-42)34(2,3)4)39-31(44)38-23-18-35-32(36-19-23)46-25-13-10-22(11-14-25)27-20-37-33(47-27)41-15-7-6-8-30(41)43/h9-14,16-20H,6-8,15H2,1-5H3,(H2,38,39,44). The highest BCUT2D eigenvalue weighted by atomic mass is 32.1. The number of methoxy groups -OCH3 is 1. The number of anilines is 3. The van der Waals surface area contributed by atoms with Crippen molar-refractivity contribution < 1.29 is 19.1 Å². The summed E-state index contributed by atoms with van der Waals surface area (Å²) >= 11 is 1.50. The van der Waals surface area contributed by atoms with Gasteiger partial charge in [-0.1, -0.05) is 38.2 Å². The van der Waals surface area contributed by atoms with Gasteiger partial charge in [-0.15, -0.1) is 0 Å². The Balaban J connectivity index is 1.09. The number of nitrogens with one attached hydrogen (secondary N) is 2. The Kier molecular flexibility index (Phi) is 8.90. The van der Waals surface area contributed by atoms with Crippen LogP contribution in [-0.4, -0.2) is 50.3 Å². The molecule has 0 atom stereocenters. The van der Waals surface area contributed by atoms with E-state index in [2.05, 4.69) is 46.4 Å². The van der Waals surface area contributed by atoms with Gasteiger partial charge in [0, 0.05) is 36.7 Å². The number of ether oxygens (including phenoxy) is 2. The molecule has 0 aliphatic carbocycles. The predicted molar refractivity (Wildman–Crippen MR) is 182 cm³/mol. The number of benzene rings is 2. The van der Waals surface area contributed by atoms with Crippen molar-refractivity contribution in [1.82, 2.24) is 24.7 Å². The lowest BCUT2D eigenvalue weighted by atomic mass is 9.92. The van der Waals surface area contributed by atoms with Crippen LogP contribution < -0.4 is 25.0 Å². The lowest BCUT2D eigenvalue weighted by molar-refractivity contribution is -0.119. The number of hydrogen-bond donors (Lipinski definition) is 2. The number of carbonyl (C=O) groups is 2. The van der Waals surface area contributed by atoms with E-state index >= 15 is 0 Å². The number of urea groups is 1. The van der Waals surface area contributed by atoms with E-state index in [0.717, 1.165) is 51.1 Å².